The van der Waals surface area contributed by atoms with Crippen molar-refractivity contribution in [2.45, 2.75) is 24.2 Å². The lowest BCUT2D eigenvalue weighted by Gasteiger charge is -2.18. The second-order valence-electron chi connectivity index (χ2n) is 2.62. The summed E-state index contributed by atoms with van der Waals surface area (Å²) < 4.78 is 4.55. The molecule has 0 radical (unpaired) electrons. The van der Waals surface area contributed by atoms with E-state index in [0.29, 0.717) is 0 Å². The minimum absolute atomic E-state index is 0.596. The molecular formula is C5H9N3O5. The number of rotatable bonds is 2. The van der Waals surface area contributed by atoms with Crippen LogP contribution in [0.1, 0.15) is 0 Å². The Morgan fingerprint density at radius 3 is 2.54 bits per heavy atom. The maximum Gasteiger partial charge on any atom is 0.276 e. The largest absolute Gasteiger partial charge is 0.394 e. The fraction of sp³-hybridized carbons (Fsp3) is 1.00. The summed E-state index contributed by atoms with van der Waals surface area (Å²) in [7, 11) is 0. The molecule has 1 fully saturated rings. The van der Waals surface area contributed by atoms with E-state index in [1.807, 2.05) is 0 Å². The van der Waals surface area contributed by atoms with E-state index in [0.717, 1.165) is 0 Å². The van der Waals surface area contributed by atoms with Crippen LogP contribution in [-0.4, -0.2) is 51.3 Å². The molecular weight excluding hydrogens is 182 g/mol. The van der Waals surface area contributed by atoms with E-state index in [-0.39, 0.29) is 0 Å². The first-order valence-corrected chi connectivity index (χ1v) is 3.48. The Kier molecular flexibility index (Phi) is 2.71. The van der Waals surface area contributed by atoms with Gasteiger partial charge in [-0.2, -0.15) is 0 Å². The number of ether oxygens (including phenoxy) is 1. The van der Waals surface area contributed by atoms with E-state index in [2.05, 4.69) is 14.8 Å². The maximum absolute atomic E-state index is 9.27. The van der Waals surface area contributed by atoms with Crippen molar-refractivity contribution in [2.75, 3.05) is 6.61 Å². The minimum Gasteiger partial charge on any atom is -0.394 e. The van der Waals surface area contributed by atoms with Gasteiger partial charge in [0.05, 0.1) is 6.61 Å². The van der Waals surface area contributed by atoms with Crippen LogP contribution in [0.5, 0.6) is 0 Å². The highest BCUT2D eigenvalue weighted by molar-refractivity contribution is 4.93. The molecule has 0 spiro atoms. The van der Waals surface area contributed by atoms with Crippen molar-refractivity contribution >= 4 is 0 Å². The van der Waals surface area contributed by atoms with Gasteiger partial charge in [0.25, 0.3) is 5.91 Å². The van der Waals surface area contributed by atoms with Gasteiger partial charge >= 0.3 is 0 Å². The predicted octanol–water partition coefficient (Wildman–Crippen LogP) is -1.94. The number of aliphatic hydroxyl groups is 4. The highest BCUT2D eigenvalue weighted by Crippen LogP contribution is 2.30. The summed E-state index contributed by atoms with van der Waals surface area (Å²) in [5, 5.41) is 38.9. The second-order valence-corrected chi connectivity index (χ2v) is 2.62. The molecule has 4 atom stereocenters. The first-order valence-electron chi connectivity index (χ1n) is 3.48. The molecule has 0 saturated carbocycles. The van der Waals surface area contributed by atoms with E-state index in [9.17, 15) is 5.11 Å². The first-order chi connectivity index (χ1) is 6.05. The molecule has 1 heterocycles. The smallest absolute Gasteiger partial charge is 0.276 e. The zero-order valence-electron chi connectivity index (χ0n) is 6.48. The molecule has 0 amide bonds. The fourth-order valence-corrected chi connectivity index (χ4v) is 1.08. The summed E-state index contributed by atoms with van der Waals surface area (Å²) >= 11 is 0. The molecule has 4 N–H and O–H groups in total. The Morgan fingerprint density at radius 1 is 1.54 bits per heavy atom. The lowest BCUT2D eigenvalue weighted by atomic mass is 10.1. The average Bonchev–Trinajstić information content (AvgIpc) is 2.31. The molecule has 1 aliphatic heterocycles. The maximum atomic E-state index is 9.27. The van der Waals surface area contributed by atoms with Crippen molar-refractivity contribution < 1.29 is 25.2 Å². The van der Waals surface area contributed by atoms with E-state index in [4.69, 9.17) is 20.9 Å². The number of hydrogen-bond donors (Lipinski definition) is 4. The van der Waals surface area contributed by atoms with Gasteiger partial charge in [-0.15, -0.1) is 0 Å². The SMILES string of the molecule is [N-]=[N+]=N[C@@]1(O)O[C@H](CO)[C@@H](O)[C@H]1O. The van der Waals surface area contributed by atoms with Crippen LogP contribution >= 0.6 is 0 Å². The van der Waals surface area contributed by atoms with Crippen molar-refractivity contribution in [3.05, 3.63) is 10.4 Å². The quantitative estimate of drug-likeness (QED) is 0.228. The van der Waals surface area contributed by atoms with Crippen LogP contribution in [0.25, 0.3) is 10.4 Å². The van der Waals surface area contributed by atoms with Gasteiger partial charge in [-0.1, -0.05) is 0 Å². The molecule has 8 nitrogen and oxygen atoms in total. The molecule has 0 bridgehead atoms. The highest BCUT2D eigenvalue weighted by atomic mass is 16.7. The van der Waals surface area contributed by atoms with E-state index in [1.54, 1.807) is 0 Å². The third-order valence-electron chi connectivity index (χ3n) is 1.78. The number of azide groups is 1. The monoisotopic (exact) mass is 191 g/mol. The van der Waals surface area contributed by atoms with Gasteiger partial charge in [0.15, 0.2) is 0 Å². The highest BCUT2D eigenvalue weighted by Gasteiger charge is 2.52. The third-order valence-corrected chi connectivity index (χ3v) is 1.78. The van der Waals surface area contributed by atoms with Crippen LogP contribution in [0.3, 0.4) is 0 Å². The van der Waals surface area contributed by atoms with Crippen molar-refractivity contribution in [3.63, 3.8) is 0 Å². The Bertz CT molecular complexity index is 242. The summed E-state index contributed by atoms with van der Waals surface area (Å²) in [6.45, 7) is -0.596. The van der Waals surface area contributed by atoms with Crippen LogP contribution < -0.4 is 0 Å². The number of nitrogens with zero attached hydrogens (tertiary/aromatic N) is 3. The summed E-state index contributed by atoms with van der Waals surface area (Å²) in [6, 6.07) is 0. The Hall–Kier alpha value is -0.890. The summed E-state index contributed by atoms with van der Waals surface area (Å²) in [5.41, 5.74) is 8.02. The van der Waals surface area contributed by atoms with Gasteiger partial charge in [0, 0.05) is 4.91 Å². The third kappa shape index (κ3) is 1.59. The van der Waals surface area contributed by atoms with Gasteiger partial charge < -0.3 is 25.2 Å². The van der Waals surface area contributed by atoms with Crippen LogP contribution in [-0.2, 0) is 4.74 Å². The van der Waals surface area contributed by atoms with Gasteiger partial charge in [-0.05, 0) is 10.6 Å². The molecule has 0 aromatic carbocycles. The lowest BCUT2D eigenvalue weighted by Crippen LogP contribution is -2.41. The van der Waals surface area contributed by atoms with Crippen LogP contribution in [0.2, 0.25) is 0 Å². The van der Waals surface area contributed by atoms with Gasteiger partial charge in [-0.25, -0.2) is 0 Å². The predicted molar refractivity (Wildman–Crippen MR) is 38.1 cm³/mol. The van der Waals surface area contributed by atoms with Crippen LogP contribution in [0.4, 0.5) is 0 Å². The summed E-state index contributed by atoms with van der Waals surface area (Å²) in [5.74, 6) is -2.50. The fourth-order valence-electron chi connectivity index (χ4n) is 1.08. The molecule has 8 heteroatoms. The molecule has 0 aromatic rings. The molecule has 74 valence electrons. The zero-order valence-corrected chi connectivity index (χ0v) is 6.48. The Morgan fingerprint density at radius 2 is 2.15 bits per heavy atom. The van der Waals surface area contributed by atoms with Gasteiger partial charge in [0.2, 0.25) is 0 Å². The van der Waals surface area contributed by atoms with Crippen molar-refractivity contribution in [2.24, 2.45) is 5.11 Å². The number of aliphatic hydroxyl groups excluding tert-OH is 3. The normalized spacial score (nSPS) is 44.5. The van der Waals surface area contributed by atoms with Crippen molar-refractivity contribution in [3.8, 4) is 0 Å². The molecule has 0 unspecified atom stereocenters. The van der Waals surface area contributed by atoms with Crippen LogP contribution in [0, 0.1) is 0 Å². The van der Waals surface area contributed by atoms with Crippen LogP contribution in [0.15, 0.2) is 5.11 Å². The van der Waals surface area contributed by atoms with Gasteiger partial charge in [-0.3, -0.25) is 0 Å². The first kappa shape index (κ1) is 10.2. The molecule has 0 aliphatic carbocycles. The number of hydrogen-bond acceptors (Lipinski definition) is 6. The molecule has 1 saturated heterocycles. The Labute approximate surface area is 72.6 Å². The minimum atomic E-state index is -2.50. The summed E-state index contributed by atoms with van der Waals surface area (Å²) in [6.07, 6.45) is -4.41. The van der Waals surface area contributed by atoms with E-state index in [1.165, 1.54) is 0 Å². The average molecular weight is 191 g/mol. The summed E-state index contributed by atoms with van der Waals surface area (Å²) in [4.78, 5) is 2.24. The van der Waals surface area contributed by atoms with Gasteiger partial charge in [0.1, 0.15) is 18.3 Å². The Balaban J connectivity index is 2.87. The van der Waals surface area contributed by atoms with Crippen molar-refractivity contribution in [1.82, 2.24) is 0 Å². The lowest BCUT2D eigenvalue weighted by molar-refractivity contribution is -0.225. The zero-order chi connectivity index (χ0) is 10.1. The molecule has 13 heavy (non-hydrogen) atoms. The van der Waals surface area contributed by atoms with E-state index >= 15 is 0 Å². The standard InChI is InChI=1S/C5H9N3O5/c6-8-7-5(12)4(11)3(10)2(1-9)13-5/h2-4,9-12H,1H2/t2-,3-,4-,5+/m1/s1. The molecule has 1 rings (SSSR count). The second kappa shape index (κ2) is 3.46. The van der Waals surface area contributed by atoms with E-state index < -0.39 is 30.8 Å². The molecule has 1 aliphatic rings. The topological polar surface area (TPSA) is 139 Å². The molecule has 0 aromatic heterocycles. The van der Waals surface area contributed by atoms with Crippen molar-refractivity contribution in [1.29, 1.82) is 0 Å².